The molecule has 1 heterocycles. The van der Waals surface area contributed by atoms with Gasteiger partial charge in [-0.3, -0.25) is 24.1 Å². The second kappa shape index (κ2) is 10.9. The molecule has 228 valence electrons. The van der Waals surface area contributed by atoms with Gasteiger partial charge < -0.3 is 41.9 Å². The smallest absolute Gasteiger partial charge is 0.255 e. The van der Waals surface area contributed by atoms with Crippen LogP contribution in [-0.2, 0) is 25.7 Å². The number of aliphatic hydroxyl groups is 4. The van der Waals surface area contributed by atoms with Crippen molar-refractivity contribution in [3.63, 3.8) is 0 Å². The first-order valence-electron chi connectivity index (χ1n) is 13.4. The number of aliphatic hydroxyl groups excluding tert-OH is 3. The number of anilines is 1. The average molecular weight is 613 g/mol. The van der Waals surface area contributed by atoms with E-state index in [1.165, 1.54) is 42.5 Å². The van der Waals surface area contributed by atoms with Crippen LogP contribution in [0.25, 0.3) is 5.76 Å². The molecule has 4 unspecified atom stereocenters. The number of hydrogen-bond donors (Lipinski definition) is 8. The molecule has 3 aliphatic rings. The molecular weight excluding hydrogens is 580 g/mol. The van der Waals surface area contributed by atoms with E-state index in [-0.39, 0.29) is 17.8 Å². The van der Waals surface area contributed by atoms with Gasteiger partial charge >= 0.3 is 0 Å². The summed E-state index contributed by atoms with van der Waals surface area (Å²) in [4.78, 5) is 54.4. The number of nitrogens with one attached hydrogen (secondary N) is 2. The monoisotopic (exact) mass is 612 g/mol. The molecule has 13 nitrogen and oxygen atoms in total. The number of benzene rings is 1. The van der Waals surface area contributed by atoms with E-state index in [0.717, 1.165) is 4.88 Å². The highest BCUT2D eigenvalue weighted by Gasteiger charge is 2.68. The summed E-state index contributed by atoms with van der Waals surface area (Å²) in [5.41, 5.74) is 0.899. The fourth-order valence-electron chi connectivity index (χ4n) is 6.62. The Labute approximate surface area is 249 Å². The van der Waals surface area contributed by atoms with E-state index >= 15 is 0 Å². The van der Waals surface area contributed by atoms with Gasteiger partial charge in [-0.05, 0) is 43.1 Å². The van der Waals surface area contributed by atoms with Crippen molar-refractivity contribution >= 4 is 46.2 Å². The fraction of sp³-hybridized carbons (Fsp3) is 0.379. The summed E-state index contributed by atoms with van der Waals surface area (Å²) in [5.74, 6) is -10.3. The number of carbonyl (C=O) groups excluding carboxylic acids is 4. The molecule has 43 heavy (non-hydrogen) atoms. The number of primary amides is 1. The van der Waals surface area contributed by atoms with Crippen LogP contribution in [0.3, 0.4) is 0 Å². The van der Waals surface area contributed by atoms with Crippen molar-refractivity contribution < 1.29 is 44.7 Å². The van der Waals surface area contributed by atoms with Crippen LogP contribution in [0.1, 0.15) is 28.8 Å². The van der Waals surface area contributed by atoms with Crippen molar-refractivity contribution in [1.82, 2.24) is 10.2 Å². The Bertz CT molecular complexity index is 1600. The molecule has 2 amide bonds. The summed E-state index contributed by atoms with van der Waals surface area (Å²) in [5, 5.41) is 64.4. The molecule has 0 spiro atoms. The molecule has 14 heteroatoms. The summed E-state index contributed by atoms with van der Waals surface area (Å²) in [6.45, 7) is 2.00. The molecule has 5 rings (SSSR count). The standard InChI is InChI=1S/C29H32N4O9S/c1-11-13-6-7-14(32-15(34)10-31-9-12-5-4-8-43-12)22(35)17(13)23(36)18-16(11)24(37)20-21(33(2)3)25(38)19(28(30)41)27(40)29(20,42)26(18)39/h4-8,11,16,20-21,24,31,35-37,40,42H,9-10H2,1-3H3,(H2,30,41)(H,32,34)/t11?,16?,20?,21-,24?,29-/m0/s1. The predicted molar refractivity (Wildman–Crippen MR) is 155 cm³/mol. The number of phenolic OH excluding ortho intramolecular Hbond substituents is 1. The van der Waals surface area contributed by atoms with Crippen molar-refractivity contribution in [2.75, 3.05) is 26.0 Å². The number of nitrogens with zero attached hydrogens (tertiary/aromatic N) is 1. The summed E-state index contributed by atoms with van der Waals surface area (Å²) in [6.07, 6.45) is -1.69. The van der Waals surface area contributed by atoms with E-state index in [9.17, 15) is 44.7 Å². The number of fused-ring (bicyclic) bond motifs is 3. The Morgan fingerprint density at radius 1 is 1.14 bits per heavy atom. The minimum atomic E-state index is -3.00. The lowest BCUT2D eigenvalue weighted by Crippen LogP contribution is -2.70. The zero-order valence-corrected chi connectivity index (χ0v) is 24.3. The third-order valence-electron chi connectivity index (χ3n) is 8.57. The molecular formula is C29H32N4O9S. The highest BCUT2D eigenvalue weighted by Crippen LogP contribution is 2.56. The second-order valence-electron chi connectivity index (χ2n) is 11.2. The molecule has 0 aliphatic heterocycles. The molecule has 2 aromatic rings. The third-order valence-corrected chi connectivity index (χ3v) is 9.44. The van der Waals surface area contributed by atoms with Crippen LogP contribution in [0.5, 0.6) is 5.75 Å². The molecule has 3 aliphatic carbocycles. The number of Topliss-reactive ketones (excluding diaryl/α,β-unsaturated/α-hetero) is 2. The Morgan fingerprint density at radius 2 is 1.84 bits per heavy atom. The van der Waals surface area contributed by atoms with Crippen LogP contribution >= 0.6 is 11.3 Å². The van der Waals surface area contributed by atoms with Gasteiger partial charge in [0.05, 0.1) is 35.9 Å². The molecule has 9 N–H and O–H groups in total. The predicted octanol–water partition coefficient (Wildman–Crippen LogP) is 0.286. The molecule has 1 aromatic carbocycles. The van der Waals surface area contributed by atoms with E-state index in [1.54, 1.807) is 6.92 Å². The number of phenols is 1. The van der Waals surface area contributed by atoms with E-state index in [4.69, 9.17) is 5.73 Å². The number of aromatic hydroxyl groups is 1. The van der Waals surface area contributed by atoms with E-state index in [2.05, 4.69) is 10.6 Å². The van der Waals surface area contributed by atoms with Gasteiger partial charge in [-0.2, -0.15) is 0 Å². The van der Waals surface area contributed by atoms with Gasteiger partial charge in [0.15, 0.2) is 11.4 Å². The average Bonchev–Trinajstić information content (AvgIpc) is 3.45. The van der Waals surface area contributed by atoms with Gasteiger partial charge in [-0.25, -0.2) is 0 Å². The molecule has 1 saturated carbocycles. The molecule has 6 atom stereocenters. The molecule has 0 saturated heterocycles. The third kappa shape index (κ3) is 4.53. The number of carbonyl (C=O) groups is 4. The normalized spacial score (nSPS) is 28.5. The Hall–Kier alpha value is -4.08. The van der Waals surface area contributed by atoms with Crippen molar-refractivity contribution in [3.05, 3.63) is 62.6 Å². The first kappa shape index (κ1) is 30.4. The highest BCUT2D eigenvalue weighted by atomic mass is 32.1. The van der Waals surface area contributed by atoms with E-state index in [1.807, 2.05) is 17.5 Å². The maximum atomic E-state index is 14.1. The summed E-state index contributed by atoms with van der Waals surface area (Å²) in [6, 6.07) is 5.31. The second-order valence-corrected chi connectivity index (χ2v) is 12.2. The van der Waals surface area contributed by atoms with Gasteiger partial charge in [0.25, 0.3) is 5.91 Å². The molecule has 1 fully saturated rings. The Morgan fingerprint density at radius 3 is 2.44 bits per heavy atom. The number of thiophene rings is 1. The zero-order valence-electron chi connectivity index (χ0n) is 23.5. The van der Waals surface area contributed by atoms with Gasteiger partial charge in [-0.15, -0.1) is 11.3 Å². The summed E-state index contributed by atoms with van der Waals surface area (Å²) < 4.78 is 0. The number of amides is 2. The van der Waals surface area contributed by atoms with Crippen molar-refractivity contribution in [1.29, 1.82) is 0 Å². The molecule has 0 radical (unpaired) electrons. The van der Waals surface area contributed by atoms with Crippen LogP contribution in [0.15, 0.2) is 46.6 Å². The fourth-order valence-corrected chi connectivity index (χ4v) is 7.30. The lowest BCUT2D eigenvalue weighted by molar-refractivity contribution is -0.169. The van der Waals surface area contributed by atoms with Crippen LogP contribution in [0.2, 0.25) is 0 Å². The maximum Gasteiger partial charge on any atom is 0.255 e. The van der Waals surface area contributed by atoms with Gasteiger partial charge in [0.1, 0.15) is 22.8 Å². The van der Waals surface area contributed by atoms with Gasteiger partial charge in [-0.1, -0.05) is 19.1 Å². The zero-order chi connectivity index (χ0) is 31.5. The number of hydrogen-bond acceptors (Lipinski definition) is 12. The van der Waals surface area contributed by atoms with Crippen LogP contribution < -0.4 is 16.4 Å². The van der Waals surface area contributed by atoms with Gasteiger partial charge in [0.2, 0.25) is 11.7 Å². The number of ketones is 2. The maximum absolute atomic E-state index is 14.1. The Balaban J connectivity index is 1.56. The number of rotatable bonds is 7. The van der Waals surface area contributed by atoms with E-state index < -0.39 is 87.3 Å². The summed E-state index contributed by atoms with van der Waals surface area (Å²) >= 11 is 1.53. The van der Waals surface area contributed by atoms with Gasteiger partial charge in [0, 0.05) is 22.9 Å². The van der Waals surface area contributed by atoms with Crippen LogP contribution in [-0.4, -0.2) is 92.2 Å². The first-order chi connectivity index (χ1) is 20.2. The van der Waals surface area contributed by atoms with Crippen LogP contribution in [0, 0.1) is 11.8 Å². The largest absolute Gasteiger partial charge is 0.508 e. The quantitative estimate of drug-likeness (QED) is 0.157. The van der Waals surface area contributed by atoms with Crippen molar-refractivity contribution in [2.45, 2.75) is 37.1 Å². The molecule has 0 bridgehead atoms. The van der Waals surface area contributed by atoms with E-state index in [0.29, 0.717) is 12.1 Å². The topological polar surface area (TPSA) is 223 Å². The minimum Gasteiger partial charge on any atom is -0.508 e. The van der Waals surface area contributed by atoms with Crippen molar-refractivity contribution in [3.8, 4) is 5.75 Å². The van der Waals surface area contributed by atoms with Crippen molar-refractivity contribution in [2.24, 2.45) is 17.6 Å². The first-order valence-corrected chi connectivity index (χ1v) is 14.3. The minimum absolute atomic E-state index is 0.0606. The lowest BCUT2D eigenvalue weighted by Gasteiger charge is -2.53. The highest BCUT2D eigenvalue weighted by molar-refractivity contribution is 7.09. The van der Waals surface area contributed by atoms with Crippen LogP contribution in [0.4, 0.5) is 5.69 Å². The molecule has 1 aromatic heterocycles. The lowest BCUT2D eigenvalue weighted by atomic mass is 9.54. The number of likely N-dealkylation sites (N-methyl/N-ethyl adjacent to an activating group) is 1. The number of nitrogens with two attached hydrogens (primary N) is 1. The SMILES string of the molecule is CC1c2ccc(NC(=O)CNCc3cccs3)c(O)c2C(O)=C2C(=O)[C@]3(O)C(O)=C(C(N)=O)C(=O)[C@@H](N(C)C)C3C(O)C21. The summed E-state index contributed by atoms with van der Waals surface area (Å²) in [7, 11) is 2.88. The Kier molecular flexibility index (Phi) is 7.69.